The topological polar surface area (TPSA) is 42.0 Å². The number of ether oxygens (including phenoxy) is 2. The van der Waals surface area contributed by atoms with Crippen LogP contribution in [0.3, 0.4) is 0 Å². The molecule has 0 aliphatic carbocycles. The van der Waals surface area contributed by atoms with E-state index >= 15 is 0 Å². The molecule has 1 saturated heterocycles. The fourth-order valence-electron chi connectivity index (χ4n) is 3.70. The van der Waals surface area contributed by atoms with Crippen molar-refractivity contribution in [2.24, 2.45) is 0 Å². The van der Waals surface area contributed by atoms with Crippen LogP contribution in [-0.2, 0) is 13.0 Å². The normalized spacial score (nSPS) is 16.9. The second-order valence-electron chi connectivity index (χ2n) is 6.81. The van der Waals surface area contributed by atoms with Gasteiger partial charge in [0.15, 0.2) is 0 Å². The van der Waals surface area contributed by atoms with E-state index in [4.69, 9.17) is 9.47 Å². The van der Waals surface area contributed by atoms with Crippen molar-refractivity contribution in [3.8, 4) is 11.5 Å². The van der Waals surface area contributed by atoms with Gasteiger partial charge in [0.2, 0.25) is 0 Å². The maximum absolute atomic E-state index is 12.8. The number of rotatable bonds is 4. The van der Waals surface area contributed by atoms with E-state index in [2.05, 4.69) is 23.1 Å². The first kappa shape index (κ1) is 16.9. The first-order chi connectivity index (χ1) is 12.7. The Labute approximate surface area is 154 Å². The first-order valence-corrected chi connectivity index (χ1v) is 9.14. The zero-order valence-electron chi connectivity index (χ0n) is 15.1. The van der Waals surface area contributed by atoms with Crippen molar-refractivity contribution in [2.75, 3.05) is 39.9 Å². The highest BCUT2D eigenvalue weighted by Gasteiger charge is 2.24. The summed E-state index contributed by atoms with van der Waals surface area (Å²) in [5.41, 5.74) is 3.27. The average molecular weight is 352 g/mol. The third-order valence-corrected chi connectivity index (χ3v) is 5.16. The summed E-state index contributed by atoms with van der Waals surface area (Å²) in [5, 5.41) is 0. The molecule has 1 amide bonds. The van der Waals surface area contributed by atoms with Crippen LogP contribution in [0.5, 0.6) is 11.5 Å². The highest BCUT2D eigenvalue weighted by Crippen LogP contribution is 2.26. The number of methoxy groups -OCH3 is 1. The molecule has 2 aliphatic rings. The van der Waals surface area contributed by atoms with Gasteiger partial charge in [-0.1, -0.05) is 24.3 Å². The molecule has 0 aromatic heterocycles. The molecule has 136 valence electrons. The van der Waals surface area contributed by atoms with Gasteiger partial charge in [0.05, 0.1) is 19.3 Å². The van der Waals surface area contributed by atoms with E-state index in [0.29, 0.717) is 11.3 Å². The molecule has 5 nitrogen and oxygen atoms in total. The molecule has 2 aliphatic heterocycles. The quantitative estimate of drug-likeness (QED) is 0.848. The van der Waals surface area contributed by atoms with Crippen LogP contribution in [0.2, 0.25) is 0 Å². The summed E-state index contributed by atoms with van der Waals surface area (Å²) in [6.45, 7) is 4.96. The predicted octanol–water partition coefficient (Wildman–Crippen LogP) is 2.59. The van der Waals surface area contributed by atoms with Gasteiger partial charge < -0.3 is 14.4 Å². The van der Waals surface area contributed by atoms with Crippen LogP contribution >= 0.6 is 0 Å². The lowest BCUT2D eigenvalue weighted by Crippen LogP contribution is -2.48. The lowest BCUT2D eigenvalue weighted by molar-refractivity contribution is 0.0625. The van der Waals surface area contributed by atoms with Gasteiger partial charge in [-0.15, -0.1) is 0 Å². The van der Waals surface area contributed by atoms with Gasteiger partial charge in [-0.2, -0.15) is 0 Å². The van der Waals surface area contributed by atoms with Crippen LogP contribution in [0.1, 0.15) is 21.5 Å². The van der Waals surface area contributed by atoms with Crippen LogP contribution < -0.4 is 9.47 Å². The van der Waals surface area contributed by atoms with E-state index in [0.717, 1.165) is 51.5 Å². The van der Waals surface area contributed by atoms with Gasteiger partial charge in [-0.25, -0.2) is 0 Å². The zero-order chi connectivity index (χ0) is 17.9. The minimum Gasteiger partial charge on any atom is -0.496 e. The zero-order valence-corrected chi connectivity index (χ0v) is 15.1. The van der Waals surface area contributed by atoms with Gasteiger partial charge >= 0.3 is 0 Å². The monoisotopic (exact) mass is 352 g/mol. The van der Waals surface area contributed by atoms with Crippen molar-refractivity contribution < 1.29 is 14.3 Å². The molecular formula is C21H24N2O3. The molecule has 4 rings (SSSR count). The summed E-state index contributed by atoms with van der Waals surface area (Å²) in [4.78, 5) is 17.1. The van der Waals surface area contributed by atoms with Gasteiger partial charge in [-0.05, 0) is 29.3 Å². The third-order valence-electron chi connectivity index (χ3n) is 5.16. The van der Waals surface area contributed by atoms with Crippen molar-refractivity contribution >= 4 is 5.91 Å². The molecule has 0 saturated carbocycles. The van der Waals surface area contributed by atoms with Crippen LogP contribution in [0.15, 0.2) is 42.5 Å². The molecule has 0 bridgehead atoms. The van der Waals surface area contributed by atoms with E-state index in [-0.39, 0.29) is 5.91 Å². The van der Waals surface area contributed by atoms with Gasteiger partial charge in [0, 0.05) is 39.1 Å². The summed E-state index contributed by atoms with van der Waals surface area (Å²) in [5.74, 6) is 1.72. The number of nitrogens with zero attached hydrogens (tertiary/aromatic N) is 2. The Kier molecular flexibility index (Phi) is 4.80. The molecule has 0 N–H and O–H groups in total. The molecule has 0 radical (unpaired) electrons. The Morgan fingerprint density at radius 3 is 2.73 bits per heavy atom. The molecule has 1 fully saturated rings. The Morgan fingerprint density at radius 1 is 1.12 bits per heavy atom. The van der Waals surface area contributed by atoms with Crippen molar-refractivity contribution in [3.63, 3.8) is 0 Å². The minimum absolute atomic E-state index is 0.0526. The highest BCUT2D eigenvalue weighted by atomic mass is 16.5. The fourth-order valence-corrected chi connectivity index (χ4v) is 3.70. The number of hydrogen-bond acceptors (Lipinski definition) is 4. The van der Waals surface area contributed by atoms with E-state index < -0.39 is 0 Å². The number of hydrogen-bond donors (Lipinski definition) is 0. The third kappa shape index (κ3) is 3.40. The van der Waals surface area contributed by atoms with Crippen molar-refractivity contribution in [2.45, 2.75) is 13.0 Å². The lowest BCUT2D eigenvalue weighted by atomic mass is 10.1. The lowest BCUT2D eigenvalue weighted by Gasteiger charge is -2.35. The molecule has 26 heavy (non-hydrogen) atoms. The van der Waals surface area contributed by atoms with Gasteiger partial charge in [0.1, 0.15) is 11.5 Å². The molecule has 2 aromatic carbocycles. The van der Waals surface area contributed by atoms with Crippen LogP contribution in [0.4, 0.5) is 0 Å². The maximum Gasteiger partial charge on any atom is 0.257 e. The Bertz CT molecular complexity index is 798. The average Bonchev–Trinajstić information content (AvgIpc) is 3.16. The second kappa shape index (κ2) is 7.38. The minimum atomic E-state index is 0.0526. The van der Waals surface area contributed by atoms with Crippen molar-refractivity contribution in [3.05, 3.63) is 59.2 Å². The number of para-hydroxylation sites is 1. The largest absolute Gasteiger partial charge is 0.496 e. The molecule has 0 atom stereocenters. The Hall–Kier alpha value is -2.53. The van der Waals surface area contributed by atoms with Crippen LogP contribution in [0, 0.1) is 0 Å². The molecule has 2 aromatic rings. The SMILES string of the molecule is COc1ccccc1C(=O)N1CCN(Cc2ccc3c(c2)CCO3)CC1. The summed E-state index contributed by atoms with van der Waals surface area (Å²) in [6, 6.07) is 13.9. The number of amides is 1. The first-order valence-electron chi connectivity index (χ1n) is 9.14. The predicted molar refractivity (Wildman–Crippen MR) is 99.8 cm³/mol. The standard InChI is InChI=1S/C21H24N2O3/c1-25-20-5-3-2-4-18(20)21(24)23-11-9-22(10-12-23)15-16-6-7-19-17(14-16)8-13-26-19/h2-7,14H,8-13,15H2,1H3. The molecule has 0 spiro atoms. The van der Waals surface area contributed by atoms with Crippen LogP contribution in [0.25, 0.3) is 0 Å². The summed E-state index contributed by atoms with van der Waals surface area (Å²) in [6.07, 6.45) is 1.00. The molecule has 5 heteroatoms. The van der Waals surface area contributed by atoms with E-state index in [1.807, 2.05) is 29.2 Å². The smallest absolute Gasteiger partial charge is 0.257 e. The summed E-state index contributed by atoms with van der Waals surface area (Å²) in [7, 11) is 1.60. The van der Waals surface area contributed by atoms with E-state index in [1.165, 1.54) is 11.1 Å². The van der Waals surface area contributed by atoms with Crippen LogP contribution in [-0.4, -0.2) is 55.6 Å². The van der Waals surface area contributed by atoms with E-state index in [1.54, 1.807) is 7.11 Å². The molecule has 2 heterocycles. The Morgan fingerprint density at radius 2 is 1.92 bits per heavy atom. The highest BCUT2D eigenvalue weighted by molar-refractivity contribution is 5.97. The van der Waals surface area contributed by atoms with Crippen molar-refractivity contribution in [1.29, 1.82) is 0 Å². The Balaban J connectivity index is 1.36. The number of fused-ring (bicyclic) bond motifs is 1. The number of benzene rings is 2. The number of carbonyl (C=O) groups is 1. The fraction of sp³-hybridized carbons (Fsp3) is 0.381. The molecule has 0 unspecified atom stereocenters. The summed E-state index contributed by atoms with van der Waals surface area (Å²) >= 11 is 0. The maximum atomic E-state index is 12.8. The second-order valence-corrected chi connectivity index (χ2v) is 6.81. The number of carbonyl (C=O) groups excluding carboxylic acids is 1. The number of piperazine rings is 1. The van der Waals surface area contributed by atoms with E-state index in [9.17, 15) is 4.79 Å². The summed E-state index contributed by atoms with van der Waals surface area (Å²) < 4.78 is 10.9. The van der Waals surface area contributed by atoms with Gasteiger partial charge in [-0.3, -0.25) is 9.69 Å². The van der Waals surface area contributed by atoms with Crippen molar-refractivity contribution in [1.82, 2.24) is 9.80 Å². The van der Waals surface area contributed by atoms with Gasteiger partial charge in [0.25, 0.3) is 5.91 Å². The molecular weight excluding hydrogens is 328 g/mol.